The molecular formula is C22H26N3O2S+. The molecule has 0 saturated heterocycles. The predicted molar refractivity (Wildman–Crippen MR) is 116 cm³/mol. The van der Waals surface area contributed by atoms with E-state index in [9.17, 15) is 4.79 Å². The van der Waals surface area contributed by atoms with Gasteiger partial charge in [-0.15, -0.1) is 0 Å². The van der Waals surface area contributed by atoms with E-state index in [2.05, 4.69) is 19.1 Å². The fourth-order valence-electron chi connectivity index (χ4n) is 2.85. The van der Waals surface area contributed by atoms with Gasteiger partial charge in [-0.05, 0) is 29.8 Å². The average Bonchev–Trinajstić information content (AvgIpc) is 3.12. The molecule has 146 valence electrons. The number of rotatable bonds is 8. The maximum absolute atomic E-state index is 13.0. The number of ether oxygens (including phenoxy) is 1. The molecule has 0 spiro atoms. The van der Waals surface area contributed by atoms with Crippen LogP contribution in [0.25, 0.3) is 16.3 Å². The Morgan fingerprint density at radius 1 is 1.21 bits per heavy atom. The lowest BCUT2D eigenvalue weighted by Gasteiger charge is -2.18. The second kappa shape index (κ2) is 9.48. The van der Waals surface area contributed by atoms with Gasteiger partial charge in [-0.1, -0.05) is 41.7 Å². The van der Waals surface area contributed by atoms with Crippen molar-refractivity contribution in [1.82, 2.24) is 4.98 Å². The van der Waals surface area contributed by atoms with E-state index in [1.165, 1.54) is 16.2 Å². The molecule has 0 unspecified atom stereocenters. The van der Waals surface area contributed by atoms with Crippen LogP contribution in [0.3, 0.4) is 0 Å². The number of carbonyl (C=O) groups is 1. The smallest absolute Gasteiger partial charge is 0.252 e. The van der Waals surface area contributed by atoms with Crippen LogP contribution in [0.1, 0.15) is 12.0 Å². The molecule has 2 aromatic carbocycles. The van der Waals surface area contributed by atoms with E-state index in [0.717, 1.165) is 39.6 Å². The third-order valence-electron chi connectivity index (χ3n) is 4.36. The molecule has 28 heavy (non-hydrogen) atoms. The van der Waals surface area contributed by atoms with Gasteiger partial charge in [0.1, 0.15) is 5.75 Å². The second-order valence-electron chi connectivity index (χ2n) is 6.87. The Balaban J connectivity index is 1.85. The molecule has 1 N–H and O–H groups in total. The number of benzene rings is 2. The minimum atomic E-state index is -0.0522. The van der Waals surface area contributed by atoms with E-state index in [4.69, 9.17) is 4.74 Å². The number of nitrogens with zero attached hydrogens (tertiary/aromatic N) is 2. The highest BCUT2D eigenvalue weighted by Crippen LogP contribution is 2.31. The van der Waals surface area contributed by atoms with Gasteiger partial charge in [-0.25, -0.2) is 4.98 Å². The summed E-state index contributed by atoms with van der Waals surface area (Å²) < 4.78 is 6.31. The van der Waals surface area contributed by atoms with Crippen molar-refractivity contribution >= 4 is 38.7 Å². The minimum Gasteiger partial charge on any atom is -0.497 e. The van der Waals surface area contributed by atoms with Gasteiger partial charge in [-0.3, -0.25) is 9.69 Å². The van der Waals surface area contributed by atoms with Crippen LogP contribution in [-0.4, -0.2) is 45.2 Å². The number of aromatic nitrogens is 1. The SMILES string of the molecule is COc1ccc2nc(N(CCC[NH+](C)C)C(=O)/C=C/c3ccccc3)sc2c1. The maximum Gasteiger partial charge on any atom is 0.252 e. The van der Waals surface area contributed by atoms with Crippen molar-refractivity contribution in [3.63, 3.8) is 0 Å². The molecule has 1 amide bonds. The predicted octanol–water partition coefficient (Wildman–Crippen LogP) is 2.89. The van der Waals surface area contributed by atoms with Crippen LogP contribution in [0, 0.1) is 0 Å². The van der Waals surface area contributed by atoms with Crippen LogP contribution in [0.15, 0.2) is 54.6 Å². The summed E-state index contributed by atoms with van der Waals surface area (Å²) in [6.07, 6.45) is 4.39. The van der Waals surface area contributed by atoms with Crippen molar-refractivity contribution in [2.24, 2.45) is 0 Å². The lowest BCUT2D eigenvalue weighted by Crippen LogP contribution is -3.05. The van der Waals surface area contributed by atoms with Crippen LogP contribution in [0.4, 0.5) is 5.13 Å². The number of anilines is 1. The second-order valence-corrected chi connectivity index (χ2v) is 7.88. The fourth-order valence-corrected chi connectivity index (χ4v) is 3.87. The lowest BCUT2D eigenvalue weighted by molar-refractivity contribution is -0.858. The first-order chi connectivity index (χ1) is 13.6. The van der Waals surface area contributed by atoms with Crippen molar-refractivity contribution < 1.29 is 14.4 Å². The first-order valence-corrected chi connectivity index (χ1v) is 10.2. The van der Waals surface area contributed by atoms with Gasteiger partial charge in [0, 0.05) is 19.0 Å². The van der Waals surface area contributed by atoms with Gasteiger partial charge >= 0.3 is 0 Å². The van der Waals surface area contributed by atoms with E-state index < -0.39 is 0 Å². The minimum absolute atomic E-state index is 0.0522. The molecule has 0 radical (unpaired) electrons. The monoisotopic (exact) mass is 396 g/mol. The molecule has 0 saturated carbocycles. The van der Waals surface area contributed by atoms with Gasteiger partial charge in [0.25, 0.3) is 5.91 Å². The van der Waals surface area contributed by atoms with Crippen molar-refractivity contribution in [3.8, 4) is 5.75 Å². The molecule has 0 bridgehead atoms. The van der Waals surface area contributed by atoms with E-state index in [1.807, 2.05) is 54.6 Å². The fraction of sp³-hybridized carbons (Fsp3) is 0.273. The molecule has 6 heteroatoms. The number of carbonyl (C=O) groups excluding carboxylic acids is 1. The van der Waals surface area contributed by atoms with Gasteiger partial charge in [0.05, 0.1) is 38.0 Å². The summed E-state index contributed by atoms with van der Waals surface area (Å²) in [6, 6.07) is 15.6. The highest BCUT2D eigenvalue weighted by atomic mass is 32.1. The Morgan fingerprint density at radius 3 is 2.71 bits per heavy atom. The summed E-state index contributed by atoms with van der Waals surface area (Å²) >= 11 is 1.52. The summed E-state index contributed by atoms with van der Waals surface area (Å²) in [7, 11) is 5.88. The Hall–Kier alpha value is -2.70. The Labute approximate surface area is 169 Å². The zero-order valence-electron chi connectivity index (χ0n) is 16.5. The number of thiazole rings is 1. The molecule has 0 aliphatic heterocycles. The molecule has 0 aliphatic rings. The van der Waals surface area contributed by atoms with E-state index in [1.54, 1.807) is 18.1 Å². The largest absolute Gasteiger partial charge is 0.497 e. The summed E-state index contributed by atoms with van der Waals surface area (Å²) in [5.74, 6) is 0.740. The number of quaternary nitrogens is 1. The molecule has 0 aliphatic carbocycles. The Kier molecular flexibility index (Phi) is 6.79. The Morgan fingerprint density at radius 2 is 2.00 bits per heavy atom. The van der Waals surface area contributed by atoms with Crippen molar-refractivity contribution in [2.45, 2.75) is 6.42 Å². The molecular weight excluding hydrogens is 370 g/mol. The van der Waals surface area contributed by atoms with Crippen LogP contribution in [-0.2, 0) is 4.79 Å². The quantitative estimate of drug-likeness (QED) is 0.596. The summed E-state index contributed by atoms with van der Waals surface area (Å²) in [6.45, 7) is 1.63. The van der Waals surface area contributed by atoms with Crippen molar-refractivity contribution in [3.05, 3.63) is 60.2 Å². The molecule has 3 aromatic rings. The number of methoxy groups -OCH3 is 1. The number of hydrogen-bond acceptors (Lipinski definition) is 4. The van der Waals surface area contributed by atoms with E-state index in [0.29, 0.717) is 6.54 Å². The third kappa shape index (κ3) is 5.18. The maximum atomic E-state index is 13.0. The average molecular weight is 397 g/mol. The van der Waals surface area contributed by atoms with E-state index >= 15 is 0 Å². The van der Waals surface area contributed by atoms with Crippen LogP contribution in [0.5, 0.6) is 5.75 Å². The summed E-state index contributed by atoms with van der Waals surface area (Å²) in [5.41, 5.74) is 1.88. The molecule has 3 rings (SSSR count). The molecule has 1 aromatic heterocycles. The molecule has 0 fully saturated rings. The number of fused-ring (bicyclic) bond motifs is 1. The molecule has 5 nitrogen and oxygen atoms in total. The standard InChI is InChI=1S/C22H25N3O2S/c1-24(2)14-7-15-25(21(26)13-10-17-8-5-4-6-9-17)22-23-19-12-11-18(27-3)16-20(19)28-22/h4-6,8-13,16H,7,14-15H2,1-3H3/p+1/b13-10+. The molecule has 0 atom stereocenters. The third-order valence-corrected chi connectivity index (χ3v) is 5.40. The zero-order valence-corrected chi connectivity index (χ0v) is 17.3. The van der Waals surface area contributed by atoms with Gasteiger partial charge in [0.15, 0.2) is 5.13 Å². The lowest BCUT2D eigenvalue weighted by atomic mass is 10.2. The summed E-state index contributed by atoms with van der Waals surface area (Å²) in [4.78, 5) is 20.8. The van der Waals surface area contributed by atoms with E-state index in [-0.39, 0.29) is 5.91 Å². The van der Waals surface area contributed by atoms with Gasteiger partial charge in [-0.2, -0.15) is 0 Å². The number of hydrogen-bond donors (Lipinski definition) is 1. The first kappa shape index (κ1) is 20.0. The summed E-state index contributed by atoms with van der Waals surface area (Å²) in [5, 5.41) is 0.722. The normalized spacial score (nSPS) is 11.4. The zero-order chi connectivity index (χ0) is 19.9. The number of nitrogens with one attached hydrogen (secondary N) is 1. The van der Waals surface area contributed by atoms with Crippen LogP contribution < -0.4 is 14.5 Å². The van der Waals surface area contributed by atoms with Crippen LogP contribution >= 0.6 is 11.3 Å². The van der Waals surface area contributed by atoms with Gasteiger partial charge in [0.2, 0.25) is 0 Å². The number of amides is 1. The highest BCUT2D eigenvalue weighted by molar-refractivity contribution is 7.22. The Bertz CT molecular complexity index is 951. The van der Waals surface area contributed by atoms with Crippen molar-refractivity contribution in [2.75, 3.05) is 39.2 Å². The van der Waals surface area contributed by atoms with Crippen LogP contribution in [0.2, 0.25) is 0 Å². The first-order valence-electron chi connectivity index (χ1n) is 9.35. The topological polar surface area (TPSA) is 46.9 Å². The van der Waals surface area contributed by atoms with Gasteiger partial charge < -0.3 is 9.64 Å². The van der Waals surface area contributed by atoms with Crippen molar-refractivity contribution in [1.29, 1.82) is 0 Å². The highest BCUT2D eigenvalue weighted by Gasteiger charge is 2.18. The molecule has 1 heterocycles.